The third-order valence-electron chi connectivity index (χ3n) is 4.65. The van der Waals surface area contributed by atoms with Crippen LogP contribution in [-0.2, 0) is 0 Å². The molecule has 6 heteroatoms. The summed E-state index contributed by atoms with van der Waals surface area (Å²) in [5, 5.41) is 10.9. The summed E-state index contributed by atoms with van der Waals surface area (Å²) >= 11 is 0. The van der Waals surface area contributed by atoms with Crippen LogP contribution in [0.3, 0.4) is 0 Å². The predicted octanol–water partition coefficient (Wildman–Crippen LogP) is 2.08. The molecular formula is C16H26N4O2. The van der Waals surface area contributed by atoms with E-state index < -0.39 is 4.92 Å². The molecule has 2 N–H and O–H groups in total. The molecule has 22 heavy (non-hydrogen) atoms. The summed E-state index contributed by atoms with van der Waals surface area (Å²) in [6.45, 7) is 10.5. The van der Waals surface area contributed by atoms with Crippen molar-refractivity contribution in [3.05, 3.63) is 45.9 Å². The van der Waals surface area contributed by atoms with Crippen molar-refractivity contribution in [2.45, 2.75) is 45.2 Å². The highest BCUT2D eigenvalue weighted by Crippen LogP contribution is 2.26. The van der Waals surface area contributed by atoms with Crippen molar-refractivity contribution in [3.63, 3.8) is 0 Å². The van der Waals surface area contributed by atoms with Gasteiger partial charge in [0.15, 0.2) is 0 Å². The van der Waals surface area contributed by atoms with Gasteiger partial charge in [0.1, 0.15) is 0 Å². The highest BCUT2D eigenvalue weighted by molar-refractivity contribution is 5.25. The summed E-state index contributed by atoms with van der Waals surface area (Å²) < 4.78 is 0. The first-order chi connectivity index (χ1) is 10.4. The van der Waals surface area contributed by atoms with E-state index in [1.165, 1.54) is 25.5 Å². The molecule has 0 unspecified atom stereocenters. The van der Waals surface area contributed by atoms with E-state index in [9.17, 15) is 10.1 Å². The number of likely N-dealkylation sites (tertiary alicyclic amines) is 2. The van der Waals surface area contributed by atoms with Crippen LogP contribution in [0.1, 0.15) is 33.1 Å². The SMILES string of the molecule is C=C(C)/C(=C\C=C(/N)N1CC[C@H](N2CCC[C@@H]2C)C1)[N+](=O)[O-]. The zero-order chi connectivity index (χ0) is 16.3. The first-order valence-corrected chi connectivity index (χ1v) is 7.88. The zero-order valence-electron chi connectivity index (χ0n) is 13.5. The van der Waals surface area contributed by atoms with E-state index in [4.69, 9.17) is 5.73 Å². The van der Waals surface area contributed by atoms with Crippen molar-refractivity contribution in [3.8, 4) is 0 Å². The minimum Gasteiger partial charge on any atom is -0.385 e. The van der Waals surface area contributed by atoms with Gasteiger partial charge in [-0.25, -0.2) is 0 Å². The molecule has 0 spiro atoms. The van der Waals surface area contributed by atoms with Crippen LogP contribution in [0.5, 0.6) is 0 Å². The number of allylic oxidation sites excluding steroid dienone is 3. The molecule has 0 aliphatic carbocycles. The topological polar surface area (TPSA) is 75.6 Å². The van der Waals surface area contributed by atoms with Crippen LogP contribution in [0.15, 0.2) is 35.8 Å². The molecule has 2 fully saturated rings. The van der Waals surface area contributed by atoms with E-state index in [2.05, 4.69) is 23.3 Å². The molecule has 0 saturated carbocycles. The van der Waals surface area contributed by atoms with Gasteiger partial charge in [0.2, 0.25) is 0 Å². The number of hydrogen-bond donors (Lipinski definition) is 1. The molecular weight excluding hydrogens is 280 g/mol. The van der Waals surface area contributed by atoms with Crippen LogP contribution in [0.25, 0.3) is 0 Å². The Bertz CT molecular complexity index is 496. The van der Waals surface area contributed by atoms with Gasteiger partial charge < -0.3 is 10.6 Å². The van der Waals surface area contributed by atoms with Crippen LogP contribution < -0.4 is 5.73 Å². The third-order valence-corrected chi connectivity index (χ3v) is 4.65. The summed E-state index contributed by atoms with van der Waals surface area (Å²) in [6.07, 6.45) is 6.73. The number of nitrogens with zero attached hydrogens (tertiary/aromatic N) is 3. The summed E-state index contributed by atoms with van der Waals surface area (Å²) in [6, 6.07) is 1.20. The molecule has 0 aromatic heterocycles. The molecule has 2 saturated heterocycles. The van der Waals surface area contributed by atoms with Gasteiger partial charge in [-0.3, -0.25) is 15.0 Å². The molecule has 0 aromatic rings. The lowest BCUT2D eigenvalue weighted by atomic mass is 10.2. The Hall–Kier alpha value is -1.82. The van der Waals surface area contributed by atoms with Crippen LogP contribution in [0.2, 0.25) is 0 Å². The van der Waals surface area contributed by atoms with Gasteiger partial charge >= 0.3 is 0 Å². The van der Waals surface area contributed by atoms with Crippen molar-refractivity contribution < 1.29 is 4.92 Å². The number of nitro groups is 1. The summed E-state index contributed by atoms with van der Waals surface area (Å²) in [7, 11) is 0. The smallest absolute Gasteiger partial charge is 0.271 e. The Balaban J connectivity index is 2.00. The predicted molar refractivity (Wildman–Crippen MR) is 87.5 cm³/mol. The molecule has 2 atom stereocenters. The van der Waals surface area contributed by atoms with Crippen molar-refractivity contribution >= 4 is 0 Å². The standard InChI is InChI=1S/C16H26N4O2/c1-12(2)15(20(21)22)6-7-16(17)18-10-8-14(11-18)19-9-4-5-13(19)3/h6-7,13-14H,1,4-5,8-11,17H2,2-3H3/b15-6+,16-7+/t13-,14-/m0/s1. The average molecular weight is 306 g/mol. The number of hydrogen-bond acceptors (Lipinski definition) is 5. The maximum absolute atomic E-state index is 10.9. The minimum absolute atomic E-state index is 0.00635. The highest BCUT2D eigenvalue weighted by atomic mass is 16.6. The maximum Gasteiger partial charge on any atom is 0.271 e. The van der Waals surface area contributed by atoms with Crippen molar-refractivity contribution in [2.24, 2.45) is 5.73 Å². The number of rotatable bonds is 5. The van der Waals surface area contributed by atoms with Gasteiger partial charge in [-0.05, 0) is 45.7 Å². The van der Waals surface area contributed by atoms with Crippen molar-refractivity contribution in [2.75, 3.05) is 19.6 Å². The van der Waals surface area contributed by atoms with E-state index in [1.807, 2.05) is 0 Å². The molecule has 122 valence electrons. The molecule has 0 aromatic carbocycles. The second-order valence-corrected chi connectivity index (χ2v) is 6.30. The Morgan fingerprint density at radius 2 is 2.09 bits per heavy atom. The molecule has 2 aliphatic heterocycles. The number of nitrogens with two attached hydrogens (primary N) is 1. The van der Waals surface area contributed by atoms with E-state index in [1.54, 1.807) is 13.0 Å². The Kier molecular flexibility index (Phi) is 5.24. The second-order valence-electron chi connectivity index (χ2n) is 6.30. The maximum atomic E-state index is 10.9. The third kappa shape index (κ3) is 3.68. The van der Waals surface area contributed by atoms with E-state index in [-0.39, 0.29) is 5.70 Å². The molecule has 2 rings (SSSR count). The van der Waals surface area contributed by atoms with Crippen molar-refractivity contribution in [1.29, 1.82) is 0 Å². The molecule has 2 aliphatic rings. The fourth-order valence-corrected chi connectivity index (χ4v) is 3.37. The highest BCUT2D eigenvalue weighted by Gasteiger charge is 2.32. The molecule has 0 bridgehead atoms. The largest absolute Gasteiger partial charge is 0.385 e. The van der Waals surface area contributed by atoms with Gasteiger partial charge in [-0.2, -0.15) is 0 Å². The van der Waals surface area contributed by atoms with Crippen LogP contribution in [-0.4, -0.2) is 46.4 Å². The summed E-state index contributed by atoms with van der Waals surface area (Å²) in [5.74, 6) is 0.593. The molecule has 0 radical (unpaired) electrons. The van der Waals surface area contributed by atoms with E-state index in [0.717, 1.165) is 19.5 Å². The Morgan fingerprint density at radius 1 is 1.36 bits per heavy atom. The Morgan fingerprint density at radius 3 is 2.64 bits per heavy atom. The molecule has 2 heterocycles. The van der Waals surface area contributed by atoms with Gasteiger partial charge in [0.25, 0.3) is 5.70 Å². The fourth-order valence-electron chi connectivity index (χ4n) is 3.37. The quantitative estimate of drug-likeness (QED) is 0.478. The van der Waals surface area contributed by atoms with Crippen LogP contribution in [0, 0.1) is 10.1 Å². The fraction of sp³-hybridized carbons (Fsp3) is 0.625. The lowest BCUT2D eigenvalue weighted by Crippen LogP contribution is -2.39. The first-order valence-electron chi connectivity index (χ1n) is 7.88. The first kappa shape index (κ1) is 16.5. The van der Waals surface area contributed by atoms with Gasteiger partial charge in [-0.15, -0.1) is 0 Å². The summed E-state index contributed by atoms with van der Waals surface area (Å²) in [5.41, 5.74) is 6.53. The van der Waals surface area contributed by atoms with Crippen LogP contribution in [0.4, 0.5) is 0 Å². The Labute approximate surface area is 132 Å². The second kappa shape index (κ2) is 6.96. The van der Waals surface area contributed by atoms with Gasteiger partial charge in [-0.1, -0.05) is 6.58 Å². The van der Waals surface area contributed by atoms with Gasteiger partial charge in [0, 0.05) is 36.8 Å². The average Bonchev–Trinajstić information content (AvgIpc) is 3.06. The summed E-state index contributed by atoms with van der Waals surface area (Å²) in [4.78, 5) is 15.2. The van der Waals surface area contributed by atoms with Crippen molar-refractivity contribution in [1.82, 2.24) is 9.80 Å². The molecule has 0 amide bonds. The van der Waals surface area contributed by atoms with E-state index in [0.29, 0.717) is 23.5 Å². The monoisotopic (exact) mass is 306 g/mol. The minimum atomic E-state index is -0.426. The lowest BCUT2D eigenvalue weighted by molar-refractivity contribution is -0.420. The van der Waals surface area contributed by atoms with Crippen LogP contribution >= 0.6 is 0 Å². The van der Waals surface area contributed by atoms with E-state index >= 15 is 0 Å². The lowest BCUT2D eigenvalue weighted by Gasteiger charge is -2.28. The normalized spacial score (nSPS) is 27.5. The molecule has 6 nitrogen and oxygen atoms in total. The van der Waals surface area contributed by atoms with Gasteiger partial charge in [0.05, 0.1) is 10.7 Å². The zero-order valence-corrected chi connectivity index (χ0v) is 13.5.